The molecule has 4 saturated carbocycles. The molecule has 2 spiro atoms. The summed E-state index contributed by atoms with van der Waals surface area (Å²) in [6.45, 7) is 3.19. The van der Waals surface area contributed by atoms with Crippen molar-refractivity contribution in [2.24, 2.45) is 34.5 Å². The minimum atomic E-state index is -2.25. The Morgan fingerprint density at radius 2 is 0.950 bits per heavy atom. The van der Waals surface area contributed by atoms with Crippen molar-refractivity contribution in [1.82, 2.24) is 0 Å². The number of benzene rings is 2. The van der Waals surface area contributed by atoms with Crippen LogP contribution in [0, 0.1) is 48.3 Å². The first-order chi connectivity index (χ1) is 18.8. The van der Waals surface area contributed by atoms with E-state index in [9.17, 15) is 49.8 Å². The number of phenols is 2. The molecule has 2 aromatic rings. The average Bonchev–Trinajstić information content (AvgIpc) is 3.22. The summed E-state index contributed by atoms with van der Waals surface area (Å²) >= 11 is 0. The second kappa shape index (κ2) is 6.54. The maximum Gasteiger partial charge on any atom is 0.175 e. The summed E-state index contributed by atoms with van der Waals surface area (Å²) in [6, 6.07) is 5.37. The van der Waals surface area contributed by atoms with Crippen molar-refractivity contribution < 1.29 is 49.8 Å². The van der Waals surface area contributed by atoms with E-state index in [1.807, 2.05) is 0 Å². The highest BCUT2D eigenvalue weighted by Gasteiger charge is 2.89. The van der Waals surface area contributed by atoms with Crippen molar-refractivity contribution in [3.63, 3.8) is 0 Å². The molecule has 0 saturated heterocycles. The molecule has 6 aliphatic rings. The first-order valence-corrected chi connectivity index (χ1v) is 12.9. The van der Waals surface area contributed by atoms with Gasteiger partial charge in [0.2, 0.25) is 0 Å². The predicted octanol–water partition coefficient (Wildman–Crippen LogP) is 1.70. The van der Waals surface area contributed by atoms with Gasteiger partial charge in [-0.05, 0) is 49.2 Å². The lowest BCUT2D eigenvalue weighted by Gasteiger charge is -2.53. The molecular formula is C30H22O10. The van der Waals surface area contributed by atoms with Gasteiger partial charge in [-0.2, -0.15) is 0 Å². The lowest BCUT2D eigenvalue weighted by molar-refractivity contribution is -0.142. The van der Waals surface area contributed by atoms with E-state index >= 15 is 0 Å². The number of Topliss-reactive ketones (excluding diaryl/α,β-unsaturated/α-hetero) is 4. The molecule has 0 amide bonds. The van der Waals surface area contributed by atoms with Gasteiger partial charge in [0.15, 0.2) is 23.1 Å². The van der Waals surface area contributed by atoms with E-state index < -0.39 is 104 Å². The number of aliphatic hydroxyl groups is 4. The number of aliphatic hydroxyl groups excluding tert-OH is 4. The summed E-state index contributed by atoms with van der Waals surface area (Å²) < 4.78 is 0. The van der Waals surface area contributed by atoms with Crippen molar-refractivity contribution in [2.75, 3.05) is 0 Å². The number of hydrogen-bond acceptors (Lipinski definition) is 10. The van der Waals surface area contributed by atoms with Crippen LogP contribution in [0.4, 0.5) is 0 Å². The van der Waals surface area contributed by atoms with E-state index in [0.717, 1.165) is 0 Å². The molecule has 10 nitrogen and oxygen atoms in total. The van der Waals surface area contributed by atoms with Gasteiger partial charge in [0.25, 0.3) is 0 Å². The van der Waals surface area contributed by atoms with Crippen molar-refractivity contribution in [3.05, 3.63) is 68.8 Å². The number of rotatable bonds is 0. The molecule has 6 N–H and O–H groups in total. The van der Waals surface area contributed by atoms with Crippen LogP contribution in [0.3, 0.4) is 0 Å². The normalized spacial score (nSPS) is 38.1. The Morgan fingerprint density at radius 1 is 0.600 bits per heavy atom. The Hall–Kier alpha value is -4.28. The van der Waals surface area contributed by atoms with Crippen molar-refractivity contribution >= 4 is 34.7 Å². The molecule has 0 aromatic heterocycles. The largest absolute Gasteiger partial charge is 0.507 e. The van der Waals surface area contributed by atoms with Crippen LogP contribution in [0.1, 0.15) is 43.0 Å². The second-order valence-corrected chi connectivity index (χ2v) is 12.0. The lowest BCUT2D eigenvalue weighted by Crippen LogP contribution is -2.65. The minimum absolute atomic E-state index is 0.185. The van der Waals surface area contributed by atoms with E-state index in [4.69, 9.17) is 0 Å². The monoisotopic (exact) mass is 542 g/mol. The van der Waals surface area contributed by atoms with Crippen molar-refractivity contribution in [1.29, 1.82) is 0 Å². The van der Waals surface area contributed by atoms with E-state index in [2.05, 4.69) is 0 Å². The van der Waals surface area contributed by atoms with Gasteiger partial charge in [0.1, 0.15) is 23.0 Å². The summed E-state index contributed by atoms with van der Waals surface area (Å²) in [4.78, 5) is 57.9. The number of phenolic OH excluding ortho intramolecular Hbond substituents is 2. The van der Waals surface area contributed by atoms with Crippen LogP contribution in [-0.2, 0) is 9.59 Å². The zero-order valence-electron chi connectivity index (χ0n) is 21.1. The van der Waals surface area contributed by atoms with Crippen LogP contribution in [-0.4, -0.2) is 66.0 Å². The summed E-state index contributed by atoms with van der Waals surface area (Å²) in [7, 11) is 0. The highest BCUT2D eigenvalue weighted by Crippen LogP contribution is 2.80. The van der Waals surface area contributed by atoms with Gasteiger partial charge >= 0.3 is 0 Å². The molecule has 8 atom stereocenters. The Labute approximate surface area is 225 Å². The second-order valence-electron chi connectivity index (χ2n) is 12.0. The molecule has 4 fully saturated rings. The SMILES string of the molecule is Cc1cc(O)c2c(c1)C(=O)C13C(=C2O)C(=O)[C@@H]2C(O)C1C1C(O)C3C(=O)C3=C(O)c4c(O)cc(C)cc4C(=O)C312. The Kier molecular flexibility index (Phi) is 3.86. The summed E-state index contributed by atoms with van der Waals surface area (Å²) in [5.74, 6) is -12.2. The predicted molar refractivity (Wildman–Crippen MR) is 134 cm³/mol. The quantitative estimate of drug-likeness (QED) is 0.286. The molecule has 0 heterocycles. The third kappa shape index (κ3) is 1.96. The zero-order chi connectivity index (χ0) is 28.5. The summed E-state index contributed by atoms with van der Waals surface area (Å²) in [5, 5.41) is 67.8. The molecule has 2 aromatic carbocycles. The Morgan fingerprint density at radius 3 is 1.30 bits per heavy atom. The third-order valence-electron chi connectivity index (χ3n) is 10.4. The molecule has 7 unspecified atom stereocenters. The molecular weight excluding hydrogens is 520 g/mol. The number of ketones is 4. The molecule has 8 rings (SSSR count). The van der Waals surface area contributed by atoms with Crippen LogP contribution in [0.15, 0.2) is 35.4 Å². The smallest absolute Gasteiger partial charge is 0.175 e. The maximum atomic E-state index is 14.5. The maximum absolute atomic E-state index is 14.5. The van der Waals surface area contributed by atoms with Gasteiger partial charge in [-0.3, -0.25) is 19.2 Å². The zero-order valence-corrected chi connectivity index (χ0v) is 21.1. The molecule has 4 bridgehead atoms. The first kappa shape index (κ1) is 23.6. The fourth-order valence-electron chi connectivity index (χ4n) is 9.51. The fraction of sp³-hybridized carbons (Fsp3) is 0.333. The van der Waals surface area contributed by atoms with E-state index in [-0.39, 0.29) is 22.3 Å². The van der Waals surface area contributed by atoms with Gasteiger partial charge < -0.3 is 30.6 Å². The van der Waals surface area contributed by atoms with E-state index in [1.54, 1.807) is 13.8 Å². The van der Waals surface area contributed by atoms with Crippen molar-refractivity contribution in [2.45, 2.75) is 26.1 Å². The number of hydrogen-bond donors (Lipinski definition) is 6. The number of carbonyl (C=O) groups excluding carboxylic acids is 4. The number of fused-ring (bicyclic) bond motifs is 4. The lowest BCUT2D eigenvalue weighted by atomic mass is 9.46. The summed E-state index contributed by atoms with van der Waals surface area (Å²) in [6.07, 6.45) is -3.37. The Balaban J connectivity index is 1.55. The van der Waals surface area contributed by atoms with Gasteiger partial charge in [-0.15, -0.1) is 0 Å². The summed E-state index contributed by atoms with van der Waals surface area (Å²) in [5.41, 5.74) is -5.58. The van der Waals surface area contributed by atoms with Crippen LogP contribution in [0.25, 0.3) is 11.5 Å². The molecule has 6 aliphatic carbocycles. The number of allylic oxidation sites excluding steroid dienone is 2. The van der Waals surface area contributed by atoms with Crippen LogP contribution < -0.4 is 0 Å². The third-order valence-corrected chi connectivity index (χ3v) is 10.4. The van der Waals surface area contributed by atoms with Gasteiger partial charge in [-0.1, -0.05) is 0 Å². The van der Waals surface area contributed by atoms with Gasteiger partial charge in [0.05, 0.1) is 57.1 Å². The van der Waals surface area contributed by atoms with Crippen molar-refractivity contribution in [3.8, 4) is 11.5 Å². The van der Waals surface area contributed by atoms with Crippen LogP contribution >= 0.6 is 0 Å². The highest BCUT2D eigenvalue weighted by molar-refractivity contribution is 6.30. The Bertz CT molecular complexity index is 1680. The fourth-order valence-corrected chi connectivity index (χ4v) is 9.51. The first-order valence-electron chi connectivity index (χ1n) is 12.9. The molecule has 202 valence electrons. The number of aromatic hydroxyl groups is 2. The van der Waals surface area contributed by atoms with Crippen LogP contribution in [0.2, 0.25) is 0 Å². The van der Waals surface area contributed by atoms with Crippen LogP contribution in [0.5, 0.6) is 11.5 Å². The molecule has 10 heteroatoms. The van der Waals surface area contributed by atoms with Gasteiger partial charge in [0, 0.05) is 23.0 Å². The topological polar surface area (TPSA) is 190 Å². The number of aryl methyl sites for hydroxylation is 2. The molecule has 0 radical (unpaired) electrons. The van der Waals surface area contributed by atoms with E-state index in [0.29, 0.717) is 11.1 Å². The number of carbonyl (C=O) groups is 4. The van der Waals surface area contributed by atoms with Gasteiger partial charge in [-0.25, -0.2) is 0 Å². The standard InChI is InChI=1S/C30H22O10/c1-7-3-9-13(11(31)5-7)21(33)17-25(37)20-23(35)15-16-24(36)19(29(15,17)27(9)39)26(38)18-22(34)14-10(28(40)30(16,18)20)4-8(2)6-12(14)32/h3-6,15-16,19-20,23-24,31-36H,1-2H3/t15?,16?,19-,20?,23?,24?,29?,30?/m0/s1. The molecule has 40 heavy (non-hydrogen) atoms. The minimum Gasteiger partial charge on any atom is -0.507 e. The highest BCUT2D eigenvalue weighted by atomic mass is 16.3. The average molecular weight is 542 g/mol. The molecule has 0 aliphatic heterocycles. The van der Waals surface area contributed by atoms with E-state index in [1.165, 1.54) is 24.3 Å².